The number of benzene rings is 2. The van der Waals surface area contributed by atoms with E-state index in [0.717, 1.165) is 24.2 Å². The van der Waals surface area contributed by atoms with Gasteiger partial charge in [0.25, 0.3) is 5.91 Å². The first kappa shape index (κ1) is 23.6. The summed E-state index contributed by atoms with van der Waals surface area (Å²) in [5.41, 5.74) is 3.28. The third kappa shape index (κ3) is 4.21. The molecule has 0 unspecified atom stereocenters. The Balaban J connectivity index is 1.50. The number of esters is 1. The molecule has 2 amide bonds. The van der Waals surface area contributed by atoms with Gasteiger partial charge in [-0.25, -0.2) is 9.48 Å². The Hall–Kier alpha value is -4.14. The first-order chi connectivity index (χ1) is 17.5. The van der Waals surface area contributed by atoms with Crippen LogP contribution in [-0.2, 0) is 16.0 Å². The fraction of sp³-hybridized carbons (Fsp3) is 0.333. The lowest BCUT2D eigenvalue weighted by Gasteiger charge is -2.29. The Labute approximate surface area is 209 Å². The molecule has 1 fully saturated rings. The third-order valence-electron chi connectivity index (χ3n) is 6.60. The highest BCUT2D eigenvalue weighted by molar-refractivity contribution is 6.09. The Bertz CT molecular complexity index is 1300. The van der Waals surface area contributed by atoms with Crippen LogP contribution < -0.4 is 14.5 Å². The van der Waals surface area contributed by atoms with Crippen LogP contribution in [0.25, 0.3) is 5.69 Å². The summed E-state index contributed by atoms with van der Waals surface area (Å²) in [7, 11) is 1.58. The maximum atomic E-state index is 13.8. The van der Waals surface area contributed by atoms with E-state index in [9.17, 15) is 14.4 Å². The van der Waals surface area contributed by atoms with Crippen molar-refractivity contribution >= 4 is 29.2 Å². The number of amides is 2. The number of anilines is 2. The number of fused-ring (bicyclic) bond motifs is 1. The van der Waals surface area contributed by atoms with Crippen molar-refractivity contribution in [1.82, 2.24) is 9.78 Å². The summed E-state index contributed by atoms with van der Waals surface area (Å²) < 4.78 is 12.0. The van der Waals surface area contributed by atoms with Crippen molar-refractivity contribution < 1.29 is 23.9 Å². The standard InChI is InChI=1S/C27H28N4O5/c1-3-36-27(34)24-22-15-17-30(19-9-7-18(8-10-19)29-16-5-4-6-23(29)32)26(33)25(22)31(28-24)20-11-13-21(35-2)14-12-20/h7-14H,3-6,15-17H2,1-2H3/i23+2. The maximum Gasteiger partial charge on any atom is 0.359 e. The molecule has 0 N–H and O–H groups in total. The van der Waals surface area contributed by atoms with Crippen LogP contribution in [0.3, 0.4) is 0 Å². The second-order valence-electron chi connectivity index (χ2n) is 8.73. The lowest BCUT2D eigenvalue weighted by molar-refractivity contribution is -0.119. The molecule has 0 bridgehead atoms. The zero-order valence-corrected chi connectivity index (χ0v) is 20.4. The van der Waals surface area contributed by atoms with E-state index < -0.39 is 5.97 Å². The predicted octanol–water partition coefficient (Wildman–Crippen LogP) is 3.78. The van der Waals surface area contributed by atoms with Gasteiger partial charge in [-0.05, 0) is 74.7 Å². The van der Waals surface area contributed by atoms with Crippen LogP contribution in [0.4, 0.5) is 11.4 Å². The molecule has 0 saturated carbocycles. The fourth-order valence-corrected chi connectivity index (χ4v) is 4.77. The van der Waals surface area contributed by atoms with Crippen molar-refractivity contribution in [3.05, 3.63) is 65.5 Å². The highest BCUT2D eigenvalue weighted by Crippen LogP contribution is 2.31. The van der Waals surface area contributed by atoms with E-state index in [0.29, 0.717) is 48.6 Å². The van der Waals surface area contributed by atoms with Gasteiger partial charge >= 0.3 is 5.97 Å². The molecular weight excluding hydrogens is 462 g/mol. The minimum atomic E-state index is -0.544. The van der Waals surface area contributed by atoms with Crippen molar-refractivity contribution in [3.63, 3.8) is 0 Å². The zero-order chi connectivity index (χ0) is 25.2. The molecule has 3 aromatic rings. The van der Waals surface area contributed by atoms with Crippen LogP contribution >= 0.6 is 0 Å². The van der Waals surface area contributed by atoms with Crippen LogP contribution in [0.5, 0.6) is 5.75 Å². The summed E-state index contributed by atoms with van der Waals surface area (Å²) >= 11 is 0. The van der Waals surface area contributed by atoms with Crippen molar-refractivity contribution in [2.45, 2.75) is 32.6 Å². The first-order valence-electron chi connectivity index (χ1n) is 12.2. The van der Waals surface area contributed by atoms with Crippen LogP contribution in [0.2, 0.25) is 0 Å². The second kappa shape index (κ2) is 9.85. The maximum absolute atomic E-state index is 13.8. The molecule has 1 saturated heterocycles. The van der Waals surface area contributed by atoms with Crippen molar-refractivity contribution in [2.75, 3.05) is 36.6 Å². The average Bonchev–Trinajstić information content (AvgIpc) is 3.30. The molecule has 0 radical (unpaired) electrons. The molecule has 9 heteroatoms. The summed E-state index contributed by atoms with van der Waals surface area (Å²) in [6.07, 6.45) is 2.93. The number of ether oxygens (including phenoxy) is 2. The quantitative estimate of drug-likeness (QED) is 0.488. The van der Waals surface area contributed by atoms with E-state index in [1.54, 1.807) is 48.1 Å². The van der Waals surface area contributed by atoms with E-state index in [2.05, 4.69) is 5.10 Å². The largest absolute Gasteiger partial charge is 0.497 e. The van der Waals surface area contributed by atoms with E-state index in [4.69, 9.17) is 9.47 Å². The predicted molar refractivity (Wildman–Crippen MR) is 134 cm³/mol. The lowest BCUT2D eigenvalue weighted by atomic mass is 10.0. The summed E-state index contributed by atoms with van der Waals surface area (Å²) in [5, 5.41) is 4.51. The SMILES string of the molecule is CCOC(=O)c1nn(-c2ccc(OC)cc2)c2c1CCN(c1ccc(N3CCCC[14C]3=O)cc1)C2=O. The number of piperidine rings is 1. The molecule has 2 aliphatic rings. The van der Waals surface area contributed by atoms with E-state index >= 15 is 0 Å². The highest BCUT2D eigenvalue weighted by Gasteiger charge is 2.35. The fourth-order valence-electron chi connectivity index (χ4n) is 4.77. The number of carbonyl (C=O) groups excluding carboxylic acids is 3. The number of methoxy groups -OCH3 is 1. The molecule has 2 aliphatic heterocycles. The molecule has 5 rings (SSSR count). The van der Waals surface area contributed by atoms with Gasteiger partial charge in [-0.2, -0.15) is 5.10 Å². The number of rotatable bonds is 6. The molecule has 9 nitrogen and oxygen atoms in total. The van der Waals surface area contributed by atoms with E-state index in [1.165, 1.54) is 4.68 Å². The Morgan fingerprint density at radius 1 is 1.00 bits per heavy atom. The molecule has 3 heterocycles. The third-order valence-corrected chi connectivity index (χ3v) is 6.60. The van der Waals surface area contributed by atoms with Crippen LogP contribution in [0.1, 0.15) is 52.7 Å². The molecule has 1 aromatic heterocycles. The zero-order valence-electron chi connectivity index (χ0n) is 20.4. The van der Waals surface area contributed by atoms with Crippen LogP contribution in [0.15, 0.2) is 48.5 Å². The molecule has 2 aromatic carbocycles. The van der Waals surface area contributed by atoms with Gasteiger partial charge in [0.2, 0.25) is 5.91 Å². The van der Waals surface area contributed by atoms with Gasteiger partial charge < -0.3 is 19.3 Å². The summed E-state index contributed by atoms with van der Waals surface area (Å²) in [6.45, 7) is 3.06. The van der Waals surface area contributed by atoms with E-state index in [-0.39, 0.29) is 24.1 Å². The minimum absolute atomic E-state index is 0.127. The second-order valence-corrected chi connectivity index (χ2v) is 8.73. The summed E-state index contributed by atoms with van der Waals surface area (Å²) in [5.74, 6) is 0.00271. The number of hydrogen-bond acceptors (Lipinski definition) is 6. The summed E-state index contributed by atoms with van der Waals surface area (Å²) in [6, 6.07) is 14.6. The van der Waals surface area contributed by atoms with Gasteiger partial charge in [-0.15, -0.1) is 0 Å². The first-order valence-corrected chi connectivity index (χ1v) is 12.2. The Kier molecular flexibility index (Phi) is 6.45. The van der Waals surface area contributed by atoms with Gasteiger partial charge in [0, 0.05) is 36.4 Å². The van der Waals surface area contributed by atoms with Gasteiger partial charge in [0.1, 0.15) is 11.4 Å². The topological polar surface area (TPSA) is 94.0 Å². The van der Waals surface area contributed by atoms with Gasteiger partial charge in [0.15, 0.2) is 5.69 Å². The summed E-state index contributed by atoms with van der Waals surface area (Å²) in [4.78, 5) is 42.2. The highest BCUT2D eigenvalue weighted by atomic mass is 16.5. The van der Waals surface area contributed by atoms with Gasteiger partial charge in [-0.1, -0.05) is 0 Å². The molecule has 186 valence electrons. The number of carbonyl (C=O) groups is 3. The number of nitrogens with zero attached hydrogens (tertiary/aromatic N) is 4. The smallest absolute Gasteiger partial charge is 0.359 e. The van der Waals surface area contributed by atoms with Gasteiger partial charge in [0.05, 0.1) is 19.4 Å². The minimum Gasteiger partial charge on any atom is -0.497 e. The van der Waals surface area contributed by atoms with Crippen molar-refractivity contribution in [3.8, 4) is 11.4 Å². The normalized spacial score (nSPS) is 15.6. The van der Waals surface area contributed by atoms with E-state index in [1.807, 2.05) is 24.3 Å². The number of hydrogen-bond donors (Lipinski definition) is 0. The molecule has 0 spiro atoms. The van der Waals surface area contributed by atoms with Crippen LogP contribution in [0, 0.1) is 0 Å². The molecule has 0 aliphatic carbocycles. The van der Waals surface area contributed by atoms with Crippen LogP contribution in [-0.4, -0.2) is 54.4 Å². The van der Waals surface area contributed by atoms with Crippen molar-refractivity contribution in [2.24, 2.45) is 0 Å². The average molecular weight is 491 g/mol. The molecule has 0 atom stereocenters. The Morgan fingerprint density at radius 2 is 1.69 bits per heavy atom. The Morgan fingerprint density at radius 3 is 2.36 bits per heavy atom. The molecule has 36 heavy (non-hydrogen) atoms. The monoisotopic (exact) mass is 490 g/mol. The van der Waals surface area contributed by atoms with Gasteiger partial charge in [-0.3, -0.25) is 9.59 Å². The lowest BCUT2D eigenvalue weighted by Crippen LogP contribution is -2.39. The van der Waals surface area contributed by atoms with Crippen molar-refractivity contribution in [1.29, 1.82) is 0 Å². The molecular formula is C27H28N4O5. The number of aromatic nitrogens is 2.